The van der Waals surface area contributed by atoms with Crippen molar-refractivity contribution in [1.82, 2.24) is 24.1 Å². The molecule has 0 saturated heterocycles. The zero-order valence-corrected chi connectivity index (χ0v) is 33.4. The van der Waals surface area contributed by atoms with Crippen LogP contribution in [-0.4, -0.2) is 24.1 Å². The van der Waals surface area contributed by atoms with E-state index in [1.54, 1.807) is 0 Å². The van der Waals surface area contributed by atoms with Crippen molar-refractivity contribution >= 4 is 75.9 Å². The molecule has 0 radical (unpaired) electrons. The first-order valence-corrected chi connectivity index (χ1v) is 21.0. The molecular weight excluding hydrogens is 755 g/mol. The fourth-order valence-corrected chi connectivity index (χ4v) is 9.62. The number of nitrogens with zero attached hydrogens (tertiary/aromatic N) is 5. The number of rotatable bonds is 5. The van der Waals surface area contributed by atoms with Gasteiger partial charge < -0.3 is 9.13 Å². The van der Waals surface area contributed by atoms with Crippen LogP contribution in [-0.2, 0) is 0 Å². The number of hydrogen-bond acceptors (Lipinski definition) is 3. The molecule has 0 fully saturated rings. The molecule has 13 rings (SSSR count). The Balaban J connectivity index is 1.07. The minimum atomic E-state index is 0.633. The lowest BCUT2D eigenvalue weighted by atomic mass is 10.0. The largest absolute Gasteiger partial charge is 0.309 e. The molecule has 0 aliphatic heterocycles. The maximum atomic E-state index is 5.23. The first-order valence-electron chi connectivity index (χ1n) is 21.0. The molecule has 0 aliphatic carbocycles. The summed E-state index contributed by atoms with van der Waals surface area (Å²) in [4.78, 5) is 15.5. The summed E-state index contributed by atoms with van der Waals surface area (Å²) in [7, 11) is 0. The Hall–Kier alpha value is -8.41. The van der Waals surface area contributed by atoms with E-state index < -0.39 is 0 Å². The van der Waals surface area contributed by atoms with Crippen molar-refractivity contribution in [2.75, 3.05) is 0 Å². The van der Waals surface area contributed by atoms with Gasteiger partial charge in [-0.05, 0) is 87.6 Å². The maximum Gasteiger partial charge on any atom is 0.164 e. The van der Waals surface area contributed by atoms with Crippen LogP contribution >= 0.6 is 0 Å². The number of hydrogen-bond donors (Lipinski definition) is 0. The molecular formula is C57H35N5. The molecule has 10 aromatic carbocycles. The Morgan fingerprint density at radius 2 is 0.823 bits per heavy atom. The van der Waals surface area contributed by atoms with Crippen LogP contribution in [0.2, 0.25) is 0 Å². The van der Waals surface area contributed by atoms with Crippen molar-refractivity contribution in [3.8, 4) is 45.5 Å². The molecule has 0 amide bonds. The third kappa shape index (κ3) is 5.32. The molecule has 0 bridgehead atoms. The molecule has 0 atom stereocenters. The van der Waals surface area contributed by atoms with Crippen LogP contribution in [0.3, 0.4) is 0 Å². The van der Waals surface area contributed by atoms with Crippen LogP contribution in [0, 0.1) is 0 Å². The van der Waals surface area contributed by atoms with Crippen LogP contribution in [0.15, 0.2) is 212 Å². The summed E-state index contributed by atoms with van der Waals surface area (Å²) in [6.07, 6.45) is 0. The summed E-state index contributed by atoms with van der Waals surface area (Å²) in [5.41, 5.74) is 9.72. The summed E-state index contributed by atoms with van der Waals surface area (Å²) < 4.78 is 4.88. The summed E-state index contributed by atoms with van der Waals surface area (Å²) in [5, 5.41) is 11.9. The van der Waals surface area contributed by atoms with Gasteiger partial charge in [-0.2, -0.15) is 0 Å². The normalized spacial score (nSPS) is 11.9. The van der Waals surface area contributed by atoms with Gasteiger partial charge in [0.2, 0.25) is 0 Å². The highest BCUT2D eigenvalue weighted by molar-refractivity contribution is 6.21. The van der Waals surface area contributed by atoms with E-state index >= 15 is 0 Å². The molecule has 5 heteroatoms. The van der Waals surface area contributed by atoms with Crippen molar-refractivity contribution < 1.29 is 0 Å². The standard InChI is InChI=1S/C57H35N5/c1-3-16-37(17-4-1)55-58-56(41-28-27-36-15-7-8-18-38(36)31-41)60-57(59-55)46-29-30-51(44-24-12-11-23-43(44)46)62-50-26-14-13-25-45(50)48-34-49-47-32-39-19-9-10-20-40(39)33-52(47)61(53(49)35-54(48)62)42-21-5-2-6-22-42/h1-35H. The van der Waals surface area contributed by atoms with Gasteiger partial charge in [0.05, 0.1) is 27.8 Å². The van der Waals surface area contributed by atoms with Crippen molar-refractivity contribution in [3.05, 3.63) is 212 Å². The third-order valence-electron chi connectivity index (χ3n) is 12.5. The van der Waals surface area contributed by atoms with E-state index in [4.69, 9.17) is 15.0 Å². The van der Waals surface area contributed by atoms with E-state index in [0.29, 0.717) is 17.5 Å². The van der Waals surface area contributed by atoms with Crippen molar-refractivity contribution in [3.63, 3.8) is 0 Å². The van der Waals surface area contributed by atoms with E-state index in [2.05, 4.69) is 203 Å². The van der Waals surface area contributed by atoms with E-state index in [9.17, 15) is 0 Å². The predicted molar refractivity (Wildman–Crippen MR) is 257 cm³/mol. The third-order valence-corrected chi connectivity index (χ3v) is 12.5. The molecule has 0 spiro atoms. The lowest BCUT2D eigenvalue weighted by molar-refractivity contribution is 1.08. The van der Waals surface area contributed by atoms with Crippen LogP contribution in [0.25, 0.3) is 121 Å². The quantitative estimate of drug-likeness (QED) is 0.174. The molecule has 0 N–H and O–H groups in total. The van der Waals surface area contributed by atoms with Gasteiger partial charge in [0.25, 0.3) is 0 Å². The zero-order chi connectivity index (χ0) is 40.7. The molecule has 62 heavy (non-hydrogen) atoms. The Bertz CT molecular complexity index is 3920. The average Bonchev–Trinajstić information content (AvgIpc) is 3.83. The van der Waals surface area contributed by atoms with Crippen molar-refractivity contribution in [2.45, 2.75) is 0 Å². The molecule has 0 saturated carbocycles. The maximum absolute atomic E-state index is 5.23. The van der Waals surface area contributed by atoms with Crippen molar-refractivity contribution in [2.24, 2.45) is 0 Å². The van der Waals surface area contributed by atoms with Gasteiger partial charge in [-0.3, -0.25) is 0 Å². The summed E-state index contributed by atoms with van der Waals surface area (Å²) in [5.74, 6) is 1.91. The van der Waals surface area contributed by atoms with Crippen LogP contribution in [0.4, 0.5) is 0 Å². The van der Waals surface area contributed by atoms with Gasteiger partial charge in [0, 0.05) is 49.3 Å². The minimum Gasteiger partial charge on any atom is -0.309 e. The second kappa shape index (κ2) is 13.6. The number of benzene rings is 10. The van der Waals surface area contributed by atoms with Crippen molar-refractivity contribution in [1.29, 1.82) is 0 Å². The fraction of sp³-hybridized carbons (Fsp3) is 0. The molecule has 3 aromatic heterocycles. The minimum absolute atomic E-state index is 0.633. The highest BCUT2D eigenvalue weighted by Gasteiger charge is 2.22. The number of aromatic nitrogens is 5. The second-order valence-electron chi connectivity index (χ2n) is 16.0. The first-order chi connectivity index (χ1) is 30.7. The molecule has 0 unspecified atom stereocenters. The molecule has 13 aromatic rings. The molecule has 3 heterocycles. The Morgan fingerprint density at radius 3 is 1.61 bits per heavy atom. The smallest absolute Gasteiger partial charge is 0.164 e. The highest BCUT2D eigenvalue weighted by Crippen LogP contribution is 2.42. The van der Waals surface area contributed by atoms with E-state index in [0.717, 1.165) is 55.3 Å². The monoisotopic (exact) mass is 789 g/mol. The zero-order valence-electron chi connectivity index (χ0n) is 33.4. The first kappa shape index (κ1) is 34.5. The molecule has 5 nitrogen and oxygen atoms in total. The Kier molecular flexibility index (Phi) is 7.54. The Morgan fingerprint density at radius 1 is 0.274 bits per heavy atom. The van der Waals surface area contributed by atoms with Gasteiger partial charge in [-0.15, -0.1) is 0 Å². The fourth-order valence-electron chi connectivity index (χ4n) is 9.62. The summed E-state index contributed by atoms with van der Waals surface area (Å²) >= 11 is 0. The SMILES string of the molecule is c1ccc(-c2nc(-c3ccc4ccccc4c3)nc(-c3ccc(-n4c5ccccc5c5cc6c7cc8ccccc8cc7n(-c7ccccc7)c6cc54)c4ccccc34)n2)cc1. The topological polar surface area (TPSA) is 48.5 Å². The summed E-state index contributed by atoms with van der Waals surface area (Å²) in [6, 6.07) is 75.8. The van der Waals surface area contributed by atoms with E-state index in [-0.39, 0.29) is 0 Å². The van der Waals surface area contributed by atoms with E-state index in [1.807, 2.05) is 18.2 Å². The van der Waals surface area contributed by atoms with E-state index in [1.165, 1.54) is 48.7 Å². The number of para-hydroxylation sites is 2. The molecule has 288 valence electrons. The second-order valence-corrected chi connectivity index (χ2v) is 16.0. The predicted octanol–water partition coefficient (Wildman–Crippen LogP) is 14.5. The molecule has 0 aliphatic rings. The van der Waals surface area contributed by atoms with Gasteiger partial charge in [-0.25, -0.2) is 15.0 Å². The van der Waals surface area contributed by atoms with Crippen LogP contribution in [0.1, 0.15) is 0 Å². The van der Waals surface area contributed by atoms with Gasteiger partial charge in [-0.1, -0.05) is 152 Å². The lowest BCUT2D eigenvalue weighted by Crippen LogP contribution is -2.02. The lowest BCUT2D eigenvalue weighted by Gasteiger charge is -2.15. The van der Waals surface area contributed by atoms with Crippen LogP contribution in [0.5, 0.6) is 0 Å². The van der Waals surface area contributed by atoms with Gasteiger partial charge in [0.15, 0.2) is 17.5 Å². The van der Waals surface area contributed by atoms with Gasteiger partial charge >= 0.3 is 0 Å². The summed E-state index contributed by atoms with van der Waals surface area (Å²) in [6.45, 7) is 0. The van der Waals surface area contributed by atoms with Gasteiger partial charge in [0.1, 0.15) is 0 Å². The Labute approximate surface area is 356 Å². The number of fused-ring (bicyclic) bond motifs is 9. The highest BCUT2D eigenvalue weighted by atomic mass is 15.0. The van der Waals surface area contributed by atoms with Crippen LogP contribution < -0.4 is 0 Å². The average molecular weight is 790 g/mol.